The van der Waals surface area contributed by atoms with Gasteiger partial charge in [-0.2, -0.15) is 0 Å². The summed E-state index contributed by atoms with van der Waals surface area (Å²) >= 11 is 5.16. The molecule has 1 aromatic carbocycles. The number of halogens is 1. The minimum atomic E-state index is -0.128. The van der Waals surface area contributed by atoms with Gasteiger partial charge in [-0.05, 0) is 58.1 Å². The summed E-state index contributed by atoms with van der Waals surface area (Å²) in [5.41, 5.74) is 7.48. The van der Waals surface area contributed by atoms with Crippen LogP contribution in [0.2, 0.25) is 0 Å². The molecule has 0 aliphatic rings. The lowest BCUT2D eigenvalue weighted by Crippen LogP contribution is -2.28. The van der Waals surface area contributed by atoms with E-state index in [-0.39, 0.29) is 17.6 Å². The Morgan fingerprint density at radius 3 is 2.43 bits per heavy atom. The largest absolute Gasteiger partial charge is 0.483 e. The van der Waals surface area contributed by atoms with E-state index in [0.29, 0.717) is 0 Å². The van der Waals surface area contributed by atoms with Crippen LogP contribution in [0.4, 0.5) is 0 Å². The Labute approximate surface area is 139 Å². The lowest BCUT2D eigenvalue weighted by Gasteiger charge is -2.24. The van der Waals surface area contributed by atoms with Crippen LogP contribution in [0.15, 0.2) is 40.2 Å². The fourth-order valence-electron chi connectivity index (χ4n) is 2.09. The highest BCUT2D eigenvalue weighted by atomic mass is 79.9. The molecule has 0 amide bonds. The maximum Gasteiger partial charge on any atom is 0.148 e. The van der Waals surface area contributed by atoms with E-state index in [4.69, 9.17) is 10.5 Å². The van der Waals surface area contributed by atoms with Crippen LogP contribution in [0.5, 0.6) is 5.75 Å². The van der Waals surface area contributed by atoms with E-state index in [1.165, 1.54) is 5.56 Å². The van der Waals surface area contributed by atoms with Crippen molar-refractivity contribution in [2.45, 2.75) is 45.3 Å². The summed E-state index contributed by atoms with van der Waals surface area (Å²) < 4.78 is 7.27. The van der Waals surface area contributed by atoms with Crippen LogP contribution in [0.1, 0.15) is 44.2 Å². The molecule has 2 unspecified atom stereocenters. The Bertz CT molecular complexity index is 601. The Balaban J connectivity index is 2.26. The molecule has 0 fully saturated rings. The van der Waals surface area contributed by atoms with Crippen LogP contribution in [-0.4, -0.2) is 6.04 Å². The summed E-state index contributed by atoms with van der Waals surface area (Å²) in [4.78, 5) is 1.14. The van der Waals surface area contributed by atoms with Gasteiger partial charge in [-0.1, -0.05) is 32.9 Å². The molecule has 0 saturated carbocycles. The van der Waals surface area contributed by atoms with Crippen molar-refractivity contribution in [3.05, 3.63) is 50.6 Å². The fraction of sp³-hybridized carbons (Fsp3) is 0.412. The van der Waals surface area contributed by atoms with Crippen LogP contribution in [0.25, 0.3) is 0 Å². The average molecular weight is 368 g/mol. The van der Waals surface area contributed by atoms with Gasteiger partial charge in [-0.25, -0.2) is 0 Å². The minimum absolute atomic E-state index is 0.0751. The first-order chi connectivity index (χ1) is 9.77. The highest BCUT2D eigenvalue weighted by Crippen LogP contribution is 2.33. The van der Waals surface area contributed by atoms with E-state index in [9.17, 15) is 0 Å². The number of rotatable bonds is 4. The van der Waals surface area contributed by atoms with Gasteiger partial charge in [0.25, 0.3) is 0 Å². The van der Waals surface area contributed by atoms with Crippen molar-refractivity contribution in [3.8, 4) is 5.75 Å². The zero-order chi connectivity index (χ0) is 15.6. The van der Waals surface area contributed by atoms with Gasteiger partial charge in [0.05, 0.1) is 3.79 Å². The molecule has 2 rings (SSSR count). The molecule has 4 heteroatoms. The van der Waals surface area contributed by atoms with E-state index < -0.39 is 0 Å². The third-order valence-electron chi connectivity index (χ3n) is 3.32. The second-order valence-corrected chi connectivity index (χ2v) is 8.81. The number of thiophene rings is 1. The van der Waals surface area contributed by atoms with E-state index >= 15 is 0 Å². The summed E-state index contributed by atoms with van der Waals surface area (Å²) in [6.07, 6.45) is -0.128. The van der Waals surface area contributed by atoms with E-state index in [1.807, 2.05) is 25.1 Å². The summed E-state index contributed by atoms with van der Waals surface area (Å²) in [5, 5.41) is 0. The molecule has 2 atom stereocenters. The molecule has 0 aliphatic carbocycles. The Kier molecular flexibility index (Phi) is 5.12. The van der Waals surface area contributed by atoms with Gasteiger partial charge < -0.3 is 10.5 Å². The van der Waals surface area contributed by atoms with Crippen LogP contribution in [-0.2, 0) is 5.41 Å². The van der Waals surface area contributed by atoms with Gasteiger partial charge in [-0.3, -0.25) is 0 Å². The van der Waals surface area contributed by atoms with E-state index in [2.05, 4.69) is 54.9 Å². The van der Waals surface area contributed by atoms with Gasteiger partial charge in [0, 0.05) is 10.9 Å². The zero-order valence-corrected chi connectivity index (χ0v) is 15.3. The fourth-order valence-corrected chi connectivity index (χ4v) is 3.66. The molecule has 1 aromatic heterocycles. The summed E-state index contributed by atoms with van der Waals surface area (Å²) in [6.45, 7) is 8.58. The minimum Gasteiger partial charge on any atom is -0.483 e. The Morgan fingerprint density at radius 1 is 1.19 bits per heavy atom. The van der Waals surface area contributed by atoms with Gasteiger partial charge in [0.1, 0.15) is 11.9 Å². The van der Waals surface area contributed by atoms with Crippen molar-refractivity contribution in [1.29, 1.82) is 0 Å². The van der Waals surface area contributed by atoms with Crippen molar-refractivity contribution in [2.75, 3.05) is 0 Å². The first kappa shape index (κ1) is 16.5. The number of hydrogen-bond acceptors (Lipinski definition) is 3. The van der Waals surface area contributed by atoms with Crippen LogP contribution < -0.4 is 10.5 Å². The third-order valence-corrected chi connectivity index (χ3v) is 5.00. The molecule has 2 aromatic rings. The topological polar surface area (TPSA) is 35.2 Å². The third kappa shape index (κ3) is 4.31. The van der Waals surface area contributed by atoms with Crippen molar-refractivity contribution >= 4 is 27.3 Å². The summed E-state index contributed by atoms with van der Waals surface area (Å²) in [5.74, 6) is 0.870. The maximum absolute atomic E-state index is 6.18. The van der Waals surface area contributed by atoms with Crippen molar-refractivity contribution in [1.82, 2.24) is 0 Å². The molecule has 114 valence electrons. The van der Waals surface area contributed by atoms with E-state index in [1.54, 1.807) is 11.3 Å². The first-order valence-corrected chi connectivity index (χ1v) is 8.66. The predicted octanol–water partition coefficient (Wildman–Crippen LogP) is 5.28. The molecular weight excluding hydrogens is 346 g/mol. The Hall–Kier alpha value is -0.840. The van der Waals surface area contributed by atoms with Crippen LogP contribution >= 0.6 is 27.3 Å². The molecule has 0 radical (unpaired) electrons. The van der Waals surface area contributed by atoms with Gasteiger partial charge in [-0.15, -0.1) is 11.3 Å². The number of ether oxygens (including phenoxy) is 1. The molecule has 2 N–H and O–H groups in total. The molecule has 1 heterocycles. The number of hydrogen-bond donors (Lipinski definition) is 1. The van der Waals surface area contributed by atoms with Crippen molar-refractivity contribution < 1.29 is 4.74 Å². The second-order valence-electron chi connectivity index (χ2n) is 6.32. The highest BCUT2D eigenvalue weighted by molar-refractivity contribution is 9.11. The molecule has 0 aliphatic heterocycles. The highest BCUT2D eigenvalue weighted by Gasteiger charge is 2.21. The molecule has 0 saturated heterocycles. The number of benzene rings is 1. The average Bonchev–Trinajstić information content (AvgIpc) is 2.81. The lowest BCUT2D eigenvalue weighted by molar-refractivity contribution is 0.184. The van der Waals surface area contributed by atoms with Gasteiger partial charge >= 0.3 is 0 Å². The summed E-state index contributed by atoms with van der Waals surface area (Å²) in [6, 6.07) is 12.3. The quantitative estimate of drug-likeness (QED) is 0.797. The van der Waals surface area contributed by atoms with Gasteiger partial charge in [0.15, 0.2) is 0 Å². The van der Waals surface area contributed by atoms with Crippen molar-refractivity contribution in [3.63, 3.8) is 0 Å². The SMILES string of the molecule is CC(N)C(Oc1cccc(C(C)(C)C)c1)c1ccc(Br)s1. The normalized spacial score (nSPS) is 14.8. The number of nitrogens with two attached hydrogens (primary N) is 1. The molecule has 0 spiro atoms. The predicted molar refractivity (Wildman–Crippen MR) is 94.2 cm³/mol. The van der Waals surface area contributed by atoms with Gasteiger partial charge in [0.2, 0.25) is 0 Å². The smallest absolute Gasteiger partial charge is 0.148 e. The standard InChI is InChI=1S/C17H22BrNOS/c1-11(19)16(14-8-9-15(18)21-14)20-13-7-5-6-12(10-13)17(2,3)4/h5-11,16H,19H2,1-4H3. The van der Waals surface area contributed by atoms with E-state index in [0.717, 1.165) is 14.4 Å². The van der Waals surface area contributed by atoms with Crippen LogP contribution in [0.3, 0.4) is 0 Å². The lowest BCUT2D eigenvalue weighted by atomic mass is 9.87. The Morgan fingerprint density at radius 2 is 1.90 bits per heavy atom. The zero-order valence-electron chi connectivity index (χ0n) is 12.9. The second kappa shape index (κ2) is 6.51. The van der Waals surface area contributed by atoms with Crippen LogP contribution in [0, 0.1) is 0 Å². The monoisotopic (exact) mass is 367 g/mol. The van der Waals surface area contributed by atoms with Crippen molar-refractivity contribution in [2.24, 2.45) is 5.73 Å². The maximum atomic E-state index is 6.18. The molecule has 0 bridgehead atoms. The molecular formula is C17H22BrNOS. The first-order valence-electron chi connectivity index (χ1n) is 7.05. The summed E-state index contributed by atoms with van der Waals surface area (Å²) in [7, 11) is 0. The molecule has 2 nitrogen and oxygen atoms in total. The molecule has 21 heavy (non-hydrogen) atoms.